The van der Waals surface area contributed by atoms with E-state index in [1.54, 1.807) is 15.9 Å². The first-order chi connectivity index (χ1) is 10.5. The van der Waals surface area contributed by atoms with Gasteiger partial charge in [-0.1, -0.05) is 6.07 Å². The summed E-state index contributed by atoms with van der Waals surface area (Å²) in [5.74, 6) is -0.0360. The van der Waals surface area contributed by atoms with Crippen LogP contribution < -0.4 is 10.1 Å². The van der Waals surface area contributed by atoms with Gasteiger partial charge in [0.1, 0.15) is 5.75 Å². The third-order valence-electron chi connectivity index (χ3n) is 3.32. The number of ether oxygens (including phenoxy) is 1. The molecule has 2 rings (SSSR count). The summed E-state index contributed by atoms with van der Waals surface area (Å²) in [6, 6.07) is 5.48. The predicted octanol–water partition coefficient (Wildman–Crippen LogP) is 1.98. The Hall–Kier alpha value is -2.38. The second-order valence-electron chi connectivity index (χ2n) is 4.83. The van der Waals surface area contributed by atoms with Crippen LogP contribution in [0.4, 0.5) is 19.3 Å². The minimum Gasteiger partial charge on any atom is -0.435 e. The molecular formula is C14H17F2N3O3. The van der Waals surface area contributed by atoms with Crippen LogP contribution in [-0.2, 0) is 4.79 Å². The molecule has 1 aromatic carbocycles. The van der Waals surface area contributed by atoms with Crippen LogP contribution in [0.2, 0.25) is 0 Å². The lowest BCUT2D eigenvalue weighted by molar-refractivity contribution is -0.130. The van der Waals surface area contributed by atoms with Gasteiger partial charge in [-0.2, -0.15) is 8.78 Å². The normalized spacial score (nSPS) is 14.9. The molecule has 1 heterocycles. The number of urea groups is 1. The molecule has 1 aliphatic rings. The molecule has 22 heavy (non-hydrogen) atoms. The van der Waals surface area contributed by atoms with Crippen molar-refractivity contribution in [3.8, 4) is 5.75 Å². The number of benzene rings is 1. The van der Waals surface area contributed by atoms with Gasteiger partial charge in [0, 0.05) is 44.9 Å². The molecule has 0 bridgehead atoms. The molecule has 1 aliphatic heterocycles. The molecule has 0 spiro atoms. The smallest absolute Gasteiger partial charge is 0.387 e. The molecule has 6 nitrogen and oxygen atoms in total. The van der Waals surface area contributed by atoms with E-state index in [9.17, 15) is 18.4 Å². The van der Waals surface area contributed by atoms with Crippen LogP contribution in [0.25, 0.3) is 0 Å². The first kappa shape index (κ1) is 16.0. The summed E-state index contributed by atoms with van der Waals surface area (Å²) in [4.78, 5) is 26.6. The Bertz CT molecular complexity index is 546. The third kappa shape index (κ3) is 4.31. The average Bonchev–Trinajstić information content (AvgIpc) is 2.47. The van der Waals surface area contributed by atoms with Crippen LogP contribution in [-0.4, -0.2) is 54.5 Å². The lowest BCUT2D eigenvalue weighted by atomic mass is 10.3. The van der Waals surface area contributed by atoms with Gasteiger partial charge in [0.05, 0.1) is 0 Å². The van der Waals surface area contributed by atoms with Crippen molar-refractivity contribution in [2.45, 2.75) is 13.5 Å². The molecule has 1 N–H and O–H groups in total. The van der Waals surface area contributed by atoms with Crippen molar-refractivity contribution in [3.05, 3.63) is 24.3 Å². The Morgan fingerprint density at radius 2 is 1.82 bits per heavy atom. The molecule has 8 heteroatoms. The zero-order valence-corrected chi connectivity index (χ0v) is 12.1. The Morgan fingerprint density at radius 3 is 2.41 bits per heavy atom. The van der Waals surface area contributed by atoms with Gasteiger partial charge in [-0.05, 0) is 12.1 Å². The van der Waals surface area contributed by atoms with Crippen molar-refractivity contribution in [3.63, 3.8) is 0 Å². The van der Waals surface area contributed by atoms with E-state index in [-0.39, 0.29) is 17.7 Å². The van der Waals surface area contributed by atoms with Crippen LogP contribution in [0.5, 0.6) is 5.75 Å². The van der Waals surface area contributed by atoms with Gasteiger partial charge in [0.15, 0.2) is 0 Å². The van der Waals surface area contributed by atoms with E-state index in [1.807, 2.05) is 0 Å². The topological polar surface area (TPSA) is 61.9 Å². The van der Waals surface area contributed by atoms with Gasteiger partial charge in [-0.3, -0.25) is 4.79 Å². The molecule has 120 valence electrons. The zero-order valence-electron chi connectivity index (χ0n) is 12.1. The van der Waals surface area contributed by atoms with Crippen LogP contribution in [0.3, 0.4) is 0 Å². The van der Waals surface area contributed by atoms with E-state index < -0.39 is 6.61 Å². The Morgan fingerprint density at radius 1 is 1.18 bits per heavy atom. The molecule has 0 radical (unpaired) electrons. The van der Waals surface area contributed by atoms with E-state index >= 15 is 0 Å². The van der Waals surface area contributed by atoms with Crippen molar-refractivity contribution >= 4 is 17.6 Å². The number of hydrogen-bond donors (Lipinski definition) is 1. The van der Waals surface area contributed by atoms with Crippen LogP contribution in [0, 0.1) is 0 Å². The van der Waals surface area contributed by atoms with Crippen LogP contribution in [0.1, 0.15) is 6.92 Å². The largest absolute Gasteiger partial charge is 0.435 e. The van der Waals surface area contributed by atoms with E-state index in [1.165, 1.54) is 25.1 Å². The molecule has 3 amide bonds. The summed E-state index contributed by atoms with van der Waals surface area (Å²) >= 11 is 0. The van der Waals surface area contributed by atoms with E-state index in [4.69, 9.17) is 0 Å². The Labute approximate surface area is 126 Å². The summed E-state index contributed by atoms with van der Waals surface area (Å²) in [6.45, 7) is 0.404. The minimum atomic E-state index is -2.91. The highest BCUT2D eigenvalue weighted by atomic mass is 19.3. The monoisotopic (exact) mass is 313 g/mol. The first-order valence-electron chi connectivity index (χ1n) is 6.82. The minimum absolute atomic E-state index is 0.0168. The predicted molar refractivity (Wildman–Crippen MR) is 75.9 cm³/mol. The standard InChI is InChI=1S/C14H17F2N3O3/c1-10(20)18-5-7-19(8-6-18)14(21)17-11-3-2-4-12(9-11)22-13(15)16/h2-4,9,13H,5-8H2,1H3,(H,17,21). The molecule has 1 saturated heterocycles. The Balaban J connectivity index is 1.91. The maximum Gasteiger partial charge on any atom is 0.387 e. The van der Waals surface area contributed by atoms with Crippen molar-refractivity contribution < 1.29 is 23.1 Å². The summed E-state index contributed by atoms with van der Waals surface area (Å²) in [6.07, 6.45) is 0. The molecule has 1 fully saturated rings. The number of nitrogens with zero attached hydrogens (tertiary/aromatic N) is 2. The van der Waals surface area contributed by atoms with E-state index in [0.29, 0.717) is 31.9 Å². The lowest BCUT2D eigenvalue weighted by Crippen LogP contribution is -2.51. The molecule has 1 aromatic rings. The van der Waals surface area contributed by atoms with Gasteiger partial charge in [-0.25, -0.2) is 4.79 Å². The quantitative estimate of drug-likeness (QED) is 0.928. The van der Waals surface area contributed by atoms with E-state index in [2.05, 4.69) is 10.1 Å². The maximum absolute atomic E-state index is 12.2. The summed E-state index contributed by atoms with van der Waals surface area (Å²) in [5, 5.41) is 2.63. The third-order valence-corrected chi connectivity index (χ3v) is 3.32. The highest BCUT2D eigenvalue weighted by molar-refractivity contribution is 5.89. The lowest BCUT2D eigenvalue weighted by Gasteiger charge is -2.34. The van der Waals surface area contributed by atoms with Crippen molar-refractivity contribution in [1.29, 1.82) is 0 Å². The van der Waals surface area contributed by atoms with Crippen molar-refractivity contribution in [2.24, 2.45) is 0 Å². The number of carbonyl (C=O) groups excluding carboxylic acids is 2. The molecule has 0 unspecified atom stereocenters. The summed E-state index contributed by atoms with van der Waals surface area (Å²) in [7, 11) is 0. The number of alkyl halides is 2. The highest BCUT2D eigenvalue weighted by Gasteiger charge is 2.22. The zero-order chi connectivity index (χ0) is 16.1. The number of anilines is 1. The number of nitrogens with one attached hydrogen (secondary N) is 1. The van der Waals surface area contributed by atoms with Gasteiger partial charge >= 0.3 is 12.6 Å². The maximum atomic E-state index is 12.2. The molecule has 0 aliphatic carbocycles. The van der Waals surface area contributed by atoms with Gasteiger partial charge < -0.3 is 19.9 Å². The second kappa shape index (κ2) is 7.06. The Kier molecular flexibility index (Phi) is 5.13. The number of amides is 3. The van der Waals surface area contributed by atoms with Gasteiger partial charge in [-0.15, -0.1) is 0 Å². The van der Waals surface area contributed by atoms with Crippen LogP contribution in [0.15, 0.2) is 24.3 Å². The molecule has 0 aromatic heterocycles. The highest BCUT2D eigenvalue weighted by Crippen LogP contribution is 2.19. The van der Waals surface area contributed by atoms with Crippen LogP contribution >= 0.6 is 0 Å². The van der Waals surface area contributed by atoms with E-state index in [0.717, 1.165) is 0 Å². The fraction of sp³-hybridized carbons (Fsp3) is 0.429. The summed E-state index contributed by atoms with van der Waals surface area (Å²) < 4.78 is 28.6. The van der Waals surface area contributed by atoms with Gasteiger partial charge in [0.2, 0.25) is 5.91 Å². The van der Waals surface area contributed by atoms with Crippen molar-refractivity contribution in [2.75, 3.05) is 31.5 Å². The fourth-order valence-corrected chi connectivity index (χ4v) is 2.18. The molecular weight excluding hydrogens is 296 g/mol. The second-order valence-corrected chi connectivity index (χ2v) is 4.83. The SMILES string of the molecule is CC(=O)N1CCN(C(=O)Nc2cccc(OC(F)F)c2)CC1. The van der Waals surface area contributed by atoms with Gasteiger partial charge in [0.25, 0.3) is 0 Å². The molecule has 0 saturated carbocycles. The number of halogens is 2. The number of carbonyl (C=O) groups is 2. The fourth-order valence-electron chi connectivity index (χ4n) is 2.18. The number of piperazine rings is 1. The average molecular weight is 313 g/mol. The number of rotatable bonds is 3. The molecule has 0 atom stereocenters. The first-order valence-corrected chi connectivity index (χ1v) is 6.82. The van der Waals surface area contributed by atoms with Crippen molar-refractivity contribution in [1.82, 2.24) is 9.80 Å². The number of hydrogen-bond acceptors (Lipinski definition) is 3. The summed E-state index contributed by atoms with van der Waals surface area (Å²) in [5.41, 5.74) is 0.372.